The van der Waals surface area contributed by atoms with E-state index in [0.29, 0.717) is 11.5 Å². The average molecular weight is 902 g/mol. The highest BCUT2D eigenvalue weighted by atomic mass is 35.7. The van der Waals surface area contributed by atoms with Crippen LogP contribution in [-0.2, 0) is 45.3 Å². The van der Waals surface area contributed by atoms with Gasteiger partial charge >= 0.3 is 0 Å². The molecule has 59 heavy (non-hydrogen) atoms. The van der Waals surface area contributed by atoms with Gasteiger partial charge in [0.2, 0.25) is 10.0 Å². The number of ether oxygens (including phenoxy) is 4. The SMILES string of the molecule is COc1ccc(CN(Cc2ccc(OC)cc2)S(=O)(=O)c2cccnc2Cl)cc1.COc1ccc(CNCc2ccc(OC)cc2)cc1.O=S(=O)(Cl)c1cccnc1Cl. The van der Waals surface area contributed by atoms with Crippen molar-refractivity contribution in [1.29, 1.82) is 0 Å². The topological polar surface area (TPSA) is 146 Å². The standard InChI is InChI=1S/C21H21ClN2O4S.C16H19NO2.C5H3Cl2NO2S/c1-27-18-9-5-16(6-10-18)14-24(15-17-7-11-19(28-2)12-8-17)29(25,26)20-4-3-13-23-21(20)22;1-18-15-7-3-13(4-8-15)11-17-12-14-5-9-16(19-2)10-6-14;6-5-4(11(7,9)10)2-1-3-8-5/h3-13H,14-15H2,1-2H3;3-10,17H,11-12H2,1-2H3;1-3H. The second kappa shape index (κ2) is 23.0. The quantitative estimate of drug-likeness (QED) is 0.0780. The molecule has 312 valence electrons. The summed E-state index contributed by atoms with van der Waals surface area (Å²) in [4.78, 5) is 7.27. The van der Waals surface area contributed by atoms with Crippen LogP contribution in [0, 0.1) is 0 Å². The molecule has 0 amide bonds. The van der Waals surface area contributed by atoms with E-state index in [1.807, 2.05) is 48.5 Å². The molecule has 0 saturated carbocycles. The summed E-state index contributed by atoms with van der Waals surface area (Å²) in [5.74, 6) is 3.18. The smallest absolute Gasteiger partial charge is 0.264 e. The van der Waals surface area contributed by atoms with Gasteiger partial charge in [-0.05, 0) is 95.1 Å². The lowest BCUT2D eigenvalue weighted by atomic mass is 10.2. The molecule has 0 spiro atoms. The Kier molecular flexibility index (Phi) is 18.2. The van der Waals surface area contributed by atoms with E-state index in [9.17, 15) is 16.8 Å². The van der Waals surface area contributed by atoms with Gasteiger partial charge in [-0.25, -0.2) is 26.8 Å². The van der Waals surface area contributed by atoms with Crippen molar-refractivity contribution in [3.63, 3.8) is 0 Å². The molecule has 0 radical (unpaired) electrons. The van der Waals surface area contributed by atoms with Crippen LogP contribution in [0.15, 0.2) is 144 Å². The summed E-state index contributed by atoms with van der Waals surface area (Å²) in [6, 6.07) is 36.4. The fourth-order valence-electron chi connectivity index (χ4n) is 5.19. The number of pyridine rings is 2. The predicted molar refractivity (Wildman–Crippen MR) is 230 cm³/mol. The molecule has 0 bridgehead atoms. The molecule has 0 saturated heterocycles. The van der Waals surface area contributed by atoms with Gasteiger partial charge < -0.3 is 24.3 Å². The summed E-state index contributed by atoms with van der Waals surface area (Å²) in [5, 5.41) is 3.25. The van der Waals surface area contributed by atoms with Gasteiger partial charge in [-0.1, -0.05) is 71.7 Å². The fourth-order valence-corrected chi connectivity index (χ4v) is 8.44. The molecular weight excluding hydrogens is 859 g/mol. The molecule has 6 rings (SSSR count). The fraction of sp³-hybridized carbons (Fsp3) is 0.190. The van der Waals surface area contributed by atoms with Gasteiger partial charge in [0.1, 0.15) is 43.1 Å². The maximum Gasteiger partial charge on any atom is 0.264 e. The highest BCUT2D eigenvalue weighted by Crippen LogP contribution is 2.27. The van der Waals surface area contributed by atoms with Crippen molar-refractivity contribution in [2.45, 2.75) is 36.0 Å². The Labute approximate surface area is 360 Å². The number of nitrogens with zero attached hydrogens (tertiary/aromatic N) is 3. The molecule has 12 nitrogen and oxygen atoms in total. The third-order valence-electron chi connectivity index (χ3n) is 8.34. The van der Waals surface area contributed by atoms with Crippen LogP contribution in [0.5, 0.6) is 23.0 Å². The van der Waals surface area contributed by atoms with Crippen LogP contribution in [0.2, 0.25) is 10.3 Å². The van der Waals surface area contributed by atoms with E-state index < -0.39 is 19.1 Å². The Bertz CT molecular complexity index is 2330. The molecule has 1 N–H and O–H groups in total. The lowest BCUT2D eigenvalue weighted by Gasteiger charge is -2.23. The molecule has 0 aliphatic rings. The number of sulfonamides is 1. The minimum atomic E-state index is -3.88. The normalized spacial score (nSPS) is 11.1. The van der Waals surface area contributed by atoms with Crippen LogP contribution < -0.4 is 24.3 Å². The van der Waals surface area contributed by atoms with Gasteiger partial charge in [-0.15, -0.1) is 0 Å². The second-order valence-corrected chi connectivity index (χ2v) is 17.4. The predicted octanol–water partition coefficient (Wildman–Crippen LogP) is 8.80. The minimum Gasteiger partial charge on any atom is -0.497 e. The number of methoxy groups -OCH3 is 4. The van der Waals surface area contributed by atoms with Crippen molar-refractivity contribution in [3.8, 4) is 23.0 Å². The van der Waals surface area contributed by atoms with E-state index in [0.717, 1.165) is 35.7 Å². The van der Waals surface area contributed by atoms with E-state index in [2.05, 4.69) is 39.6 Å². The van der Waals surface area contributed by atoms with E-state index in [1.54, 1.807) is 58.8 Å². The van der Waals surface area contributed by atoms with E-state index in [4.69, 9.17) is 52.8 Å². The monoisotopic (exact) mass is 900 g/mol. The molecule has 0 aliphatic heterocycles. The van der Waals surface area contributed by atoms with Crippen LogP contribution in [0.25, 0.3) is 0 Å². The maximum atomic E-state index is 13.4. The second-order valence-electron chi connectivity index (χ2n) is 12.3. The third kappa shape index (κ3) is 14.7. The molecule has 17 heteroatoms. The summed E-state index contributed by atoms with van der Waals surface area (Å²) >= 11 is 11.5. The summed E-state index contributed by atoms with van der Waals surface area (Å²) in [6.07, 6.45) is 2.84. The van der Waals surface area contributed by atoms with Crippen molar-refractivity contribution in [2.75, 3.05) is 28.4 Å². The molecule has 2 heterocycles. The van der Waals surface area contributed by atoms with Gasteiger partial charge in [0.25, 0.3) is 9.05 Å². The molecule has 4 aromatic carbocycles. The zero-order valence-electron chi connectivity index (χ0n) is 32.6. The Morgan fingerprint density at radius 2 is 0.831 bits per heavy atom. The Morgan fingerprint density at radius 1 is 0.508 bits per heavy atom. The highest BCUT2D eigenvalue weighted by molar-refractivity contribution is 8.13. The number of benzene rings is 4. The van der Waals surface area contributed by atoms with Gasteiger partial charge in [-0.2, -0.15) is 4.31 Å². The Morgan fingerprint density at radius 3 is 1.12 bits per heavy atom. The average Bonchev–Trinajstić information content (AvgIpc) is 3.25. The van der Waals surface area contributed by atoms with Crippen molar-refractivity contribution in [2.24, 2.45) is 0 Å². The zero-order chi connectivity index (χ0) is 42.8. The molecular formula is C42H43Cl3N4O8S2. The number of halogens is 3. The summed E-state index contributed by atoms with van der Waals surface area (Å²) < 4.78 is 70.1. The number of nitrogens with one attached hydrogen (secondary N) is 1. The van der Waals surface area contributed by atoms with Crippen molar-refractivity contribution >= 4 is 53.0 Å². The van der Waals surface area contributed by atoms with Gasteiger partial charge in [0, 0.05) is 49.3 Å². The first-order chi connectivity index (χ1) is 28.3. The van der Waals surface area contributed by atoms with E-state index >= 15 is 0 Å². The van der Waals surface area contributed by atoms with Crippen molar-refractivity contribution in [1.82, 2.24) is 19.6 Å². The van der Waals surface area contributed by atoms with Crippen LogP contribution in [-0.4, -0.2) is 59.5 Å². The lowest BCUT2D eigenvalue weighted by Crippen LogP contribution is -2.30. The first-order valence-electron chi connectivity index (χ1n) is 17.7. The van der Waals surface area contributed by atoms with E-state index in [1.165, 1.54) is 46.0 Å². The van der Waals surface area contributed by atoms with Crippen LogP contribution in [0.1, 0.15) is 22.3 Å². The summed E-state index contributed by atoms with van der Waals surface area (Å²) in [7, 11) is 3.89. The maximum absolute atomic E-state index is 13.4. The summed E-state index contributed by atoms with van der Waals surface area (Å²) in [6.45, 7) is 2.03. The number of rotatable bonds is 15. The van der Waals surface area contributed by atoms with Crippen molar-refractivity contribution < 1.29 is 35.8 Å². The van der Waals surface area contributed by atoms with Gasteiger partial charge in [-0.3, -0.25) is 0 Å². The van der Waals surface area contributed by atoms with Crippen LogP contribution >= 0.6 is 33.9 Å². The Hall–Kier alpha value is -4.93. The molecule has 0 atom stereocenters. The van der Waals surface area contributed by atoms with Crippen LogP contribution in [0.4, 0.5) is 0 Å². The van der Waals surface area contributed by atoms with Gasteiger partial charge in [0.05, 0.1) is 28.4 Å². The molecule has 2 aromatic heterocycles. The van der Waals surface area contributed by atoms with Crippen molar-refractivity contribution in [3.05, 3.63) is 166 Å². The summed E-state index contributed by atoms with van der Waals surface area (Å²) in [5.41, 5.74) is 4.13. The largest absolute Gasteiger partial charge is 0.497 e. The number of aromatic nitrogens is 2. The Balaban J connectivity index is 0.000000219. The minimum absolute atomic E-state index is 0.0244. The van der Waals surface area contributed by atoms with Crippen LogP contribution in [0.3, 0.4) is 0 Å². The first-order valence-corrected chi connectivity index (χ1v) is 22.2. The number of hydrogen-bond acceptors (Lipinski definition) is 11. The zero-order valence-corrected chi connectivity index (χ0v) is 36.5. The van der Waals surface area contributed by atoms with E-state index in [-0.39, 0.29) is 33.2 Å². The molecule has 0 unspecified atom stereocenters. The lowest BCUT2D eigenvalue weighted by molar-refractivity contribution is 0.397. The van der Waals surface area contributed by atoms with Gasteiger partial charge in [0.15, 0.2) is 0 Å². The highest BCUT2D eigenvalue weighted by Gasteiger charge is 2.28. The molecule has 0 fully saturated rings. The first kappa shape index (κ1) is 46.8. The number of hydrogen-bond donors (Lipinski definition) is 1. The molecule has 6 aromatic rings. The third-order valence-corrected chi connectivity index (χ3v) is 12.3. The molecule has 0 aliphatic carbocycles.